The molecule has 236 valence electrons. The van der Waals surface area contributed by atoms with Gasteiger partial charge < -0.3 is 30.1 Å². The van der Waals surface area contributed by atoms with Gasteiger partial charge in [0.25, 0.3) is 5.88 Å². The zero-order valence-corrected chi connectivity index (χ0v) is 25.8. The number of fused-ring (bicyclic) bond motifs is 3. The lowest BCUT2D eigenvalue weighted by atomic mass is 10.0. The molecule has 12 nitrogen and oxygen atoms in total. The zero-order chi connectivity index (χ0) is 31.6. The number of alkyl carbamates (subject to hydrolysis) is 1. The molecule has 44 heavy (non-hydrogen) atoms. The number of aromatic nitrogens is 2. The van der Waals surface area contributed by atoms with Gasteiger partial charge in [0.15, 0.2) is 5.15 Å². The van der Waals surface area contributed by atoms with Crippen LogP contribution in [-0.2, 0) is 19.1 Å². The Hall–Kier alpha value is -3.93. The number of carbonyl (C=O) groups is 4. The lowest BCUT2D eigenvalue weighted by molar-refractivity contribution is -0.145. The van der Waals surface area contributed by atoms with Gasteiger partial charge in [-0.2, -0.15) is 0 Å². The molecule has 5 rings (SSSR count). The number of ether oxygens (including phenoxy) is 2. The zero-order valence-electron chi connectivity index (χ0n) is 25.0. The number of carbonyl (C=O) groups excluding carboxylic acids is 3. The van der Waals surface area contributed by atoms with Crippen LogP contribution in [0.2, 0.25) is 5.15 Å². The maximum Gasteiger partial charge on any atom is 0.408 e. The number of carboxylic acid groups (broad SMARTS) is 1. The molecule has 5 atom stereocenters. The summed E-state index contributed by atoms with van der Waals surface area (Å²) in [5.41, 5.74) is -1.07. The fraction of sp³-hybridized carbons (Fsp3) is 0.548. The Morgan fingerprint density at radius 1 is 1.14 bits per heavy atom. The Balaban J connectivity index is 1.44. The van der Waals surface area contributed by atoms with E-state index >= 15 is 0 Å². The molecule has 0 spiro atoms. The molecule has 13 heteroatoms. The summed E-state index contributed by atoms with van der Waals surface area (Å²) in [5.74, 6) is -2.51. The highest BCUT2D eigenvalue weighted by Gasteiger charge is 2.61. The molecular formula is C31H38ClN5O7. The van der Waals surface area contributed by atoms with Gasteiger partial charge in [-0.25, -0.2) is 19.6 Å². The van der Waals surface area contributed by atoms with Crippen molar-refractivity contribution in [3.05, 3.63) is 41.6 Å². The Morgan fingerprint density at radius 3 is 2.57 bits per heavy atom. The number of rotatable bonds is 4. The smallest absolute Gasteiger partial charge is 0.408 e. The van der Waals surface area contributed by atoms with E-state index in [2.05, 4.69) is 20.6 Å². The van der Waals surface area contributed by atoms with Gasteiger partial charge in [0.2, 0.25) is 11.8 Å². The van der Waals surface area contributed by atoms with Crippen molar-refractivity contribution in [1.29, 1.82) is 0 Å². The second kappa shape index (κ2) is 12.6. The molecule has 2 fully saturated rings. The number of carboxylic acids is 1. The van der Waals surface area contributed by atoms with Crippen LogP contribution in [0.25, 0.3) is 11.0 Å². The van der Waals surface area contributed by atoms with Crippen LogP contribution < -0.4 is 15.4 Å². The second-order valence-corrected chi connectivity index (χ2v) is 13.0. The number of allylic oxidation sites excluding steroid dienone is 1. The lowest BCUT2D eigenvalue weighted by Crippen LogP contribution is -2.56. The summed E-state index contributed by atoms with van der Waals surface area (Å²) in [4.78, 5) is 63.1. The SMILES string of the molecule is CC(C)(C)OC(=O)NC1CCCCC/C=C/C2CC2(C(=O)O)NC(=O)C2CC(Oc3nc4ccccc4nc3Cl)CN2C1=O. The van der Waals surface area contributed by atoms with E-state index in [9.17, 15) is 24.3 Å². The topological polar surface area (TPSA) is 160 Å². The maximum atomic E-state index is 14.1. The molecule has 0 bridgehead atoms. The summed E-state index contributed by atoms with van der Waals surface area (Å²) < 4.78 is 11.6. The Kier molecular flexibility index (Phi) is 9.01. The number of nitrogens with zero attached hydrogens (tertiary/aromatic N) is 3. The first-order valence-electron chi connectivity index (χ1n) is 15.0. The van der Waals surface area contributed by atoms with E-state index < -0.39 is 53.2 Å². The molecule has 3 amide bonds. The predicted molar refractivity (Wildman–Crippen MR) is 161 cm³/mol. The maximum absolute atomic E-state index is 14.1. The first-order chi connectivity index (χ1) is 20.9. The fourth-order valence-corrected chi connectivity index (χ4v) is 5.97. The van der Waals surface area contributed by atoms with Crippen molar-refractivity contribution in [3.63, 3.8) is 0 Å². The molecule has 1 saturated heterocycles. The number of aliphatic carboxylic acids is 1. The average molecular weight is 628 g/mol. The van der Waals surface area contributed by atoms with Crippen molar-refractivity contribution < 1.29 is 33.8 Å². The summed E-state index contributed by atoms with van der Waals surface area (Å²) in [7, 11) is 0. The number of hydrogen-bond acceptors (Lipinski definition) is 8. The minimum Gasteiger partial charge on any atom is -0.479 e. The number of halogens is 1. The van der Waals surface area contributed by atoms with Gasteiger partial charge in [0.1, 0.15) is 29.3 Å². The van der Waals surface area contributed by atoms with Gasteiger partial charge in [-0.1, -0.05) is 48.7 Å². The Morgan fingerprint density at radius 2 is 1.86 bits per heavy atom. The van der Waals surface area contributed by atoms with Gasteiger partial charge in [-0.05, 0) is 58.6 Å². The number of nitrogens with one attached hydrogen (secondary N) is 2. The van der Waals surface area contributed by atoms with E-state index in [4.69, 9.17) is 21.1 Å². The third-order valence-corrected chi connectivity index (χ3v) is 8.34. The predicted octanol–water partition coefficient (Wildman–Crippen LogP) is 4.00. The molecule has 5 unspecified atom stereocenters. The molecule has 1 aromatic carbocycles. The number of hydrogen-bond donors (Lipinski definition) is 3. The molecule has 3 heterocycles. The molecule has 3 aliphatic rings. The molecule has 2 aliphatic heterocycles. The largest absolute Gasteiger partial charge is 0.479 e. The normalized spacial score (nSPS) is 28.5. The minimum absolute atomic E-state index is 0.0162. The molecule has 3 N–H and O–H groups in total. The van der Waals surface area contributed by atoms with Crippen molar-refractivity contribution in [2.24, 2.45) is 5.92 Å². The molecule has 0 radical (unpaired) electrons. The Labute approximate surface area is 260 Å². The third kappa shape index (κ3) is 7.06. The van der Waals surface area contributed by atoms with Crippen molar-refractivity contribution >= 4 is 46.5 Å². The standard InChI is InChI=1S/C31H38ClN5O7/c1-30(2,3)44-29(42)35-22-14-8-6-4-5-7-11-18-16-31(18,28(40)41)36-25(38)23-15-19(17-37(23)27(22)39)43-26-24(32)33-20-12-9-10-13-21(20)34-26/h7,9-13,18-19,22-23H,4-6,8,14-17H2,1-3H3,(H,35,42)(H,36,38)(H,40,41)/b11-7+. The first kappa shape index (κ1) is 31.5. The number of para-hydroxylation sites is 2. The summed E-state index contributed by atoms with van der Waals surface area (Å²) >= 11 is 6.39. The van der Waals surface area contributed by atoms with Crippen molar-refractivity contribution in [3.8, 4) is 5.88 Å². The van der Waals surface area contributed by atoms with E-state index in [0.29, 0.717) is 23.9 Å². The highest BCUT2D eigenvalue weighted by molar-refractivity contribution is 6.31. The highest BCUT2D eigenvalue weighted by Crippen LogP contribution is 2.45. The fourth-order valence-electron chi connectivity index (χ4n) is 5.79. The van der Waals surface area contributed by atoms with Crippen molar-refractivity contribution in [1.82, 2.24) is 25.5 Å². The van der Waals surface area contributed by atoms with Gasteiger partial charge >= 0.3 is 12.1 Å². The lowest BCUT2D eigenvalue weighted by Gasteiger charge is -2.30. The summed E-state index contributed by atoms with van der Waals surface area (Å²) in [5, 5.41) is 15.5. The summed E-state index contributed by atoms with van der Waals surface area (Å²) in [6.07, 6.45) is 6.02. The van der Waals surface area contributed by atoms with E-state index in [1.807, 2.05) is 18.2 Å². The van der Waals surface area contributed by atoms with E-state index in [-0.39, 0.29) is 36.3 Å². The van der Waals surface area contributed by atoms with Gasteiger partial charge in [-0.15, -0.1) is 0 Å². The minimum atomic E-state index is -1.44. The van der Waals surface area contributed by atoms with Crippen LogP contribution in [0.5, 0.6) is 5.88 Å². The monoisotopic (exact) mass is 627 g/mol. The van der Waals surface area contributed by atoms with E-state index in [0.717, 1.165) is 19.3 Å². The quantitative estimate of drug-likeness (QED) is 0.426. The summed E-state index contributed by atoms with van der Waals surface area (Å²) in [6, 6.07) is 5.12. The summed E-state index contributed by atoms with van der Waals surface area (Å²) in [6.45, 7) is 5.17. The first-order valence-corrected chi connectivity index (χ1v) is 15.3. The molecule has 1 aromatic heterocycles. The molecule has 1 aliphatic carbocycles. The third-order valence-electron chi connectivity index (χ3n) is 8.09. The van der Waals surface area contributed by atoms with Crippen LogP contribution in [0.3, 0.4) is 0 Å². The number of benzene rings is 1. The van der Waals surface area contributed by atoms with Crippen LogP contribution in [0, 0.1) is 5.92 Å². The van der Waals surface area contributed by atoms with Crippen LogP contribution >= 0.6 is 11.6 Å². The van der Waals surface area contributed by atoms with E-state index in [1.165, 1.54) is 4.90 Å². The van der Waals surface area contributed by atoms with Crippen LogP contribution in [0.4, 0.5) is 4.79 Å². The molecular weight excluding hydrogens is 590 g/mol. The van der Waals surface area contributed by atoms with Gasteiger partial charge in [0, 0.05) is 12.3 Å². The van der Waals surface area contributed by atoms with E-state index in [1.54, 1.807) is 39.0 Å². The Bertz CT molecular complexity index is 1480. The van der Waals surface area contributed by atoms with Crippen LogP contribution in [0.1, 0.15) is 65.7 Å². The average Bonchev–Trinajstić information content (AvgIpc) is 3.48. The van der Waals surface area contributed by atoms with Crippen LogP contribution in [0.15, 0.2) is 36.4 Å². The van der Waals surface area contributed by atoms with Crippen molar-refractivity contribution in [2.45, 2.75) is 95.0 Å². The van der Waals surface area contributed by atoms with Gasteiger partial charge in [-0.3, -0.25) is 9.59 Å². The second-order valence-electron chi connectivity index (χ2n) is 12.6. The van der Waals surface area contributed by atoms with Crippen LogP contribution in [-0.4, -0.2) is 79.7 Å². The molecule has 1 saturated carbocycles. The number of amides is 3. The molecule has 2 aromatic rings. The highest BCUT2D eigenvalue weighted by atomic mass is 35.5. The van der Waals surface area contributed by atoms with Crippen molar-refractivity contribution in [2.75, 3.05) is 6.54 Å². The van der Waals surface area contributed by atoms with Gasteiger partial charge in [0.05, 0.1) is 17.6 Å².